The van der Waals surface area contributed by atoms with Crippen molar-refractivity contribution < 1.29 is 4.57 Å². The van der Waals surface area contributed by atoms with Crippen LogP contribution in [0.2, 0.25) is 0 Å². The van der Waals surface area contributed by atoms with Gasteiger partial charge in [0, 0.05) is 18.6 Å². The molecule has 0 bridgehead atoms. The second-order valence-electron chi connectivity index (χ2n) is 3.76. The molecule has 1 aromatic carbocycles. The third-order valence-corrected chi connectivity index (χ3v) is 2.75. The summed E-state index contributed by atoms with van der Waals surface area (Å²) in [5.41, 5.74) is 1.18. The van der Waals surface area contributed by atoms with Crippen molar-refractivity contribution in [2.24, 2.45) is 0 Å². The number of pyridine rings is 1. The molecule has 0 atom stereocenters. The van der Waals surface area contributed by atoms with Gasteiger partial charge in [-0.1, -0.05) is 30.9 Å². The fourth-order valence-electron chi connectivity index (χ4n) is 1.93. The standard InChI is InChI=1S/C15H16N/c1-3-5-11-16-12-10-13-8-6-7-9-14(13)15(16)4-2/h3-4,6-10,12H,1-2,5,11H2/q+1. The van der Waals surface area contributed by atoms with Gasteiger partial charge >= 0.3 is 0 Å². The Kier molecular flexibility index (Phi) is 3.16. The fraction of sp³-hybridized carbons (Fsp3) is 0.133. The van der Waals surface area contributed by atoms with Crippen molar-refractivity contribution in [3.05, 3.63) is 61.5 Å². The van der Waals surface area contributed by atoms with E-state index in [0.717, 1.165) is 13.0 Å². The molecule has 2 rings (SSSR count). The molecule has 0 spiro atoms. The lowest BCUT2D eigenvalue weighted by atomic mass is 10.1. The molecule has 0 N–H and O–H groups in total. The first kappa shape index (κ1) is 10.6. The van der Waals surface area contributed by atoms with Crippen molar-refractivity contribution in [1.82, 2.24) is 0 Å². The summed E-state index contributed by atoms with van der Waals surface area (Å²) >= 11 is 0. The quantitative estimate of drug-likeness (QED) is 0.538. The lowest BCUT2D eigenvalue weighted by Crippen LogP contribution is -2.36. The summed E-state index contributed by atoms with van der Waals surface area (Å²) in [6.07, 6.45) is 6.95. The SMILES string of the molecule is C=CCC[n+]1ccc2ccccc2c1C=C. The third-order valence-electron chi connectivity index (χ3n) is 2.75. The van der Waals surface area contributed by atoms with Crippen LogP contribution in [0, 0.1) is 0 Å². The Morgan fingerprint density at radius 1 is 1.12 bits per heavy atom. The van der Waals surface area contributed by atoms with Crippen LogP contribution in [-0.4, -0.2) is 0 Å². The van der Waals surface area contributed by atoms with Gasteiger partial charge in [0.1, 0.15) is 0 Å². The van der Waals surface area contributed by atoms with Gasteiger partial charge in [-0.15, -0.1) is 6.58 Å². The highest BCUT2D eigenvalue weighted by Gasteiger charge is 2.10. The predicted octanol–water partition coefficient (Wildman–Crippen LogP) is 3.35. The maximum absolute atomic E-state index is 3.90. The number of hydrogen-bond donors (Lipinski definition) is 0. The summed E-state index contributed by atoms with van der Waals surface area (Å²) in [6.45, 7) is 8.61. The van der Waals surface area contributed by atoms with Gasteiger partial charge in [-0.05, 0) is 11.5 Å². The van der Waals surface area contributed by atoms with E-state index in [0.29, 0.717) is 0 Å². The number of rotatable bonds is 4. The second kappa shape index (κ2) is 4.75. The van der Waals surface area contributed by atoms with Gasteiger partial charge in [-0.25, -0.2) is 0 Å². The molecule has 0 saturated carbocycles. The van der Waals surface area contributed by atoms with E-state index in [4.69, 9.17) is 0 Å². The molecule has 16 heavy (non-hydrogen) atoms. The molecule has 0 unspecified atom stereocenters. The van der Waals surface area contributed by atoms with Crippen molar-refractivity contribution in [2.45, 2.75) is 13.0 Å². The van der Waals surface area contributed by atoms with E-state index >= 15 is 0 Å². The topological polar surface area (TPSA) is 3.88 Å². The zero-order valence-electron chi connectivity index (χ0n) is 9.39. The van der Waals surface area contributed by atoms with Crippen molar-refractivity contribution in [2.75, 3.05) is 0 Å². The lowest BCUT2D eigenvalue weighted by Gasteiger charge is -2.03. The predicted molar refractivity (Wildman–Crippen MR) is 69.0 cm³/mol. The van der Waals surface area contributed by atoms with Crippen LogP contribution in [0.25, 0.3) is 16.8 Å². The molecule has 2 aromatic rings. The summed E-state index contributed by atoms with van der Waals surface area (Å²) in [5.74, 6) is 0. The average molecular weight is 210 g/mol. The molecule has 0 amide bonds. The number of aryl methyl sites for hydroxylation is 1. The number of hydrogen-bond acceptors (Lipinski definition) is 0. The van der Waals surface area contributed by atoms with Crippen LogP contribution >= 0.6 is 0 Å². The highest BCUT2D eigenvalue weighted by molar-refractivity contribution is 5.87. The first-order valence-corrected chi connectivity index (χ1v) is 5.51. The number of benzene rings is 1. The van der Waals surface area contributed by atoms with E-state index in [1.54, 1.807) is 0 Å². The van der Waals surface area contributed by atoms with Gasteiger partial charge in [0.25, 0.3) is 0 Å². The Labute approximate surface area is 96.4 Å². The highest BCUT2D eigenvalue weighted by Crippen LogP contribution is 2.16. The Morgan fingerprint density at radius 2 is 1.94 bits per heavy atom. The van der Waals surface area contributed by atoms with Crippen LogP contribution in [0.3, 0.4) is 0 Å². The van der Waals surface area contributed by atoms with Crippen LogP contribution < -0.4 is 4.57 Å². The number of aromatic nitrogens is 1. The maximum atomic E-state index is 3.90. The van der Waals surface area contributed by atoms with Crippen LogP contribution in [-0.2, 0) is 6.54 Å². The smallest absolute Gasteiger partial charge is 0.198 e. The molecule has 0 aliphatic heterocycles. The third kappa shape index (κ3) is 1.89. The number of nitrogens with zero attached hydrogens (tertiary/aromatic N) is 1. The summed E-state index contributed by atoms with van der Waals surface area (Å²) < 4.78 is 2.22. The molecule has 0 aliphatic carbocycles. The molecular weight excluding hydrogens is 194 g/mol. The molecule has 0 fully saturated rings. The Hall–Kier alpha value is -1.89. The van der Waals surface area contributed by atoms with Crippen molar-refractivity contribution in [3.8, 4) is 0 Å². The molecule has 1 heterocycles. The van der Waals surface area contributed by atoms with E-state index in [1.807, 2.05) is 12.2 Å². The Bertz CT molecular complexity index is 526. The number of fused-ring (bicyclic) bond motifs is 1. The van der Waals surface area contributed by atoms with Crippen LogP contribution in [0.15, 0.2) is 55.8 Å². The van der Waals surface area contributed by atoms with Gasteiger partial charge < -0.3 is 0 Å². The van der Waals surface area contributed by atoms with Crippen LogP contribution in [0.5, 0.6) is 0 Å². The van der Waals surface area contributed by atoms with Gasteiger partial charge in [0.2, 0.25) is 5.69 Å². The Morgan fingerprint density at radius 3 is 2.69 bits per heavy atom. The molecule has 0 aliphatic rings. The largest absolute Gasteiger partial charge is 0.212 e. The zero-order valence-corrected chi connectivity index (χ0v) is 9.39. The lowest BCUT2D eigenvalue weighted by molar-refractivity contribution is -0.696. The van der Waals surface area contributed by atoms with Gasteiger partial charge in [-0.2, -0.15) is 4.57 Å². The van der Waals surface area contributed by atoms with Gasteiger partial charge in [0.05, 0.1) is 5.39 Å². The van der Waals surface area contributed by atoms with E-state index in [9.17, 15) is 0 Å². The summed E-state index contributed by atoms with van der Waals surface area (Å²) in [4.78, 5) is 0. The van der Waals surface area contributed by atoms with Crippen LogP contribution in [0.4, 0.5) is 0 Å². The number of allylic oxidation sites excluding steroid dienone is 1. The van der Waals surface area contributed by atoms with Crippen molar-refractivity contribution in [3.63, 3.8) is 0 Å². The first-order valence-electron chi connectivity index (χ1n) is 5.51. The highest BCUT2D eigenvalue weighted by atomic mass is 14.9. The first-order chi connectivity index (χ1) is 7.86. The van der Waals surface area contributed by atoms with Gasteiger partial charge in [0.15, 0.2) is 12.7 Å². The molecule has 1 heteroatoms. The average Bonchev–Trinajstić information content (AvgIpc) is 2.35. The molecular formula is C15H16N+. The molecule has 1 nitrogen and oxygen atoms in total. The molecule has 0 radical (unpaired) electrons. The Balaban J connectivity index is 2.58. The zero-order chi connectivity index (χ0) is 11.4. The van der Waals surface area contributed by atoms with Crippen molar-refractivity contribution in [1.29, 1.82) is 0 Å². The second-order valence-corrected chi connectivity index (χ2v) is 3.76. The molecule has 1 aromatic heterocycles. The maximum Gasteiger partial charge on any atom is 0.212 e. The summed E-state index contributed by atoms with van der Waals surface area (Å²) in [5, 5.41) is 2.51. The van der Waals surface area contributed by atoms with Crippen LogP contribution in [0.1, 0.15) is 12.1 Å². The minimum Gasteiger partial charge on any atom is -0.198 e. The van der Waals surface area contributed by atoms with E-state index < -0.39 is 0 Å². The van der Waals surface area contributed by atoms with E-state index in [-0.39, 0.29) is 0 Å². The summed E-state index contributed by atoms with van der Waals surface area (Å²) in [6, 6.07) is 10.5. The van der Waals surface area contributed by atoms with Crippen molar-refractivity contribution >= 4 is 16.8 Å². The monoisotopic (exact) mass is 210 g/mol. The van der Waals surface area contributed by atoms with Gasteiger partial charge in [-0.3, -0.25) is 0 Å². The summed E-state index contributed by atoms with van der Waals surface area (Å²) in [7, 11) is 0. The molecule has 80 valence electrons. The normalized spacial score (nSPS) is 10.2. The van der Waals surface area contributed by atoms with E-state index in [2.05, 4.69) is 54.3 Å². The molecule has 0 saturated heterocycles. The van der Waals surface area contributed by atoms with E-state index in [1.165, 1.54) is 16.5 Å². The fourth-order valence-corrected chi connectivity index (χ4v) is 1.93. The minimum atomic E-state index is 0.954. The minimum absolute atomic E-state index is 0.954.